The molecule has 0 amide bonds. The molecule has 1 saturated heterocycles. The van der Waals surface area contributed by atoms with Crippen LogP contribution in [-0.2, 0) is 16.8 Å². The Labute approximate surface area is 148 Å². The van der Waals surface area contributed by atoms with E-state index in [1.165, 1.54) is 16.4 Å². The quantitative estimate of drug-likeness (QED) is 0.880. The van der Waals surface area contributed by atoms with E-state index in [-0.39, 0.29) is 18.4 Å². The van der Waals surface area contributed by atoms with Gasteiger partial charge in [0.15, 0.2) is 0 Å². The Morgan fingerprint density at radius 2 is 1.84 bits per heavy atom. The molecule has 0 saturated carbocycles. The lowest BCUT2D eigenvalue weighted by atomic mass is 10.0. The van der Waals surface area contributed by atoms with Crippen LogP contribution in [0.3, 0.4) is 0 Å². The third kappa shape index (κ3) is 4.66. The van der Waals surface area contributed by atoms with Gasteiger partial charge in [-0.25, -0.2) is 4.39 Å². The van der Waals surface area contributed by atoms with Crippen LogP contribution in [0, 0.1) is 5.82 Å². The molecule has 2 aromatic rings. The molecule has 1 aliphatic heterocycles. The van der Waals surface area contributed by atoms with Crippen LogP contribution in [0.1, 0.15) is 42.9 Å². The Hall–Kier alpha value is -1.76. The maximum atomic E-state index is 13.6. The molecule has 0 aliphatic carbocycles. The van der Waals surface area contributed by atoms with Crippen LogP contribution in [0.4, 0.5) is 4.39 Å². The highest BCUT2D eigenvalue weighted by Gasteiger charge is 2.32. The van der Waals surface area contributed by atoms with E-state index in [4.69, 9.17) is 0 Å². The Balaban J connectivity index is 1.82. The van der Waals surface area contributed by atoms with E-state index in [1.807, 2.05) is 30.3 Å². The summed E-state index contributed by atoms with van der Waals surface area (Å²) in [6.07, 6.45) is 3.44. The molecule has 1 fully saturated rings. The predicted molar refractivity (Wildman–Crippen MR) is 96.5 cm³/mol. The molecule has 25 heavy (non-hydrogen) atoms. The van der Waals surface area contributed by atoms with Crippen LogP contribution in [0.5, 0.6) is 0 Å². The van der Waals surface area contributed by atoms with Crippen molar-refractivity contribution in [3.63, 3.8) is 0 Å². The molecule has 0 aromatic heterocycles. The largest absolute Gasteiger partial charge is 0.280 e. The highest BCUT2D eigenvalue weighted by molar-refractivity contribution is 7.87. The molecule has 2 aromatic carbocycles. The first-order chi connectivity index (χ1) is 12.1. The highest BCUT2D eigenvalue weighted by atomic mass is 32.2. The number of rotatable bonds is 5. The molecule has 134 valence electrons. The summed E-state index contributed by atoms with van der Waals surface area (Å²) in [5.41, 5.74) is 1.62. The molecular formula is C19H23FN2O2S. The van der Waals surface area contributed by atoms with Gasteiger partial charge in [-0.05, 0) is 36.1 Å². The molecule has 0 bridgehead atoms. The van der Waals surface area contributed by atoms with Crippen LogP contribution in [0.25, 0.3) is 0 Å². The van der Waals surface area contributed by atoms with Gasteiger partial charge in [-0.2, -0.15) is 17.4 Å². The van der Waals surface area contributed by atoms with Crippen molar-refractivity contribution >= 4 is 10.2 Å². The lowest BCUT2D eigenvalue weighted by Crippen LogP contribution is -2.42. The maximum Gasteiger partial charge on any atom is 0.280 e. The normalized spacial score (nSPS) is 19.5. The lowest BCUT2D eigenvalue weighted by molar-refractivity contribution is 0.323. The number of hydrogen-bond donors (Lipinski definition) is 1. The van der Waals surface area contributed by atoms with E-state index in [1.54, 1.807) is 12.1 Å². The second-order valence-electron chi connectivity index (χ2n) is 6.34. The minimum absolute atomic E-state index is 0.246. The molecule has 0 unspecified atom stereocenters. The number of nitrogens with one attached hydrogen (secondary N) is 1. The van der Waals surface area contributed by atoms with E-state index < -0.39 is 10.2 Å². The predicted octanol–water partition coefficient (Wildman–Crippen LogP) is 3.78. The van der Waals surface area contributed by atoms with Crippen molar-refractivity contribution in [3.05, 3.63) is 71.5 Å². The second-order valence-corrected chi connectivity index (χ2v) is 8.05. The van der Waals surface area contributed by atoms with E-state index in [0.29, 0.717) is 18.5 Å². The molecule has 1 N–H and O–H groups in total. The summed E-state index contributed by atoms with van der Waals surface area (Å²) in [6.45, 7) is 0.695. The van der Waals surface area contributed by atoms with Crippen molar-refractivity contribution in [3.8, 4) is 0 Å². The van der Waals surface area contributed by atoms with Crippen LogP contribution in [-0.4, -0.2) is 19.3 Å². The molecule has 4 nitrogen and oxygen atoms in total. The maximum absolute atomic E-state index is 13.6. The summed E-state index contributed by atoms with van der Waals surface area (Å²) in [5, 5.41) is 0. The Morgan fingerprint density at radius 3 is 2.60 bits per heavy atom. The molecule has 3 rings (SSSR count). The van der Waals surface area contributed by atoms with Gasteiger partial charge < -0.3 is 0 Å². The van der Waals surface area contributed by atoms with Gasteiger partial charge in [0, 0.05) is 13.1 Å². The van der Waals surface area contributed by atoms with Crippen LogP contribution in [0.2, 0.25) is 0 Å². The van der Waals surface area contributed by atoms with E-state index >= 15 is 0 Å². The summed E-state index contributed by atoms with van der Waals surface area (Å²) in [5.74, 6) is -0.337. The van der Waals surface area contributed by atoms with Gasteiger partial charge in [-0.3, -0.25) is 0 Å². The summed E-state index contributed by atoms with van der Waals surface area (Å²) >= 11 is 0. The van der Waals surface area contributed by atoms with Gasteiger partial charge in [-0.15, -0.1) is 0 Å². The highest BCUT2D eigenvalue weighted by Crippen LogP contribution is 2.32. The molecule has 0 spiro atoms. The van der Waals surface area contributed by atoms with Gasteiger partial charge in [0.25, 0.3) is 10.2 Å². The fraction of sp³-hybridized carbons (Fsp3) is 0.368. The van der Waals surface area contributed by atoms with E-state index in [9.17, 15) is 12.8 Å². The zero-order chi connectivity index (χ0) is 17.7. The fourth-order valence-corrected chi connectivity index (χ4v) is 4.72. The molecule has 1 atom stereocenters. The molecule has 1 aliphatic rings. The van der Waals surface area contributed by atoms with Crippen LogP contribution < -0.4 is 4.72 Å². The van der Waals surface area contributed by atoms with Gasteiger partial charge >= 0.3 is 0 Å². The first-order valence-electron chi connectivity index (χ1n) is 8.62. The average molecular weight is 362 g/mol. The number of benzene rings is 2. The van der Waals surface area contributed by atoms with Crippen molar-refractivity contribution in [1.82, 2.24) is 9.03 Å². The third-order valence-corrected chi connectivity index (χ3v) is 6.11. The molecule has 6 heteroatoms. The Morgan fingerprint density at radius 1 is 1.04 bits per heavy atom. The summed E-state index contributed by atoms with van der Waals surface area (Å²) in [4.78, 5) is 0. The summed E-state index contributed by atoms with van der Waals surface area (Å²) in [6, 6.07) is 15.4. The standard InChI is InChI=1S/C19H23FN2O2S/c20-18-11-7-10-17(14-18)19-12-5-2-6-13-22(19)25(23,24)21-15-16-8-3-1-4-9-16/h1,3-4,7-11,14,19,21H,2,5-6,12-13,15H2/t19-/m1/s1. The Kier molecular flexibility index (Phi) is 5.83. The van der Waals surface area contributed by atoms with Crippen molar-refractivity contribution in [1.29, 1.82) is 0 Å². The number of hydrogen-bond acceptors (Lipinski definition) is 2. The Bertz CT molecular complexity index is 796. The van der Waals surface area contributed by atoms with Crippen LogP contribution >= 0.6 is 0 Å². The van der Waals surface area contributed by atoms with Crippen molar-refractivity contribution in [2.75, 3.05) is 6.54 Å². The van der Waals surface area contributed by atoms with Crippen molar-refractivity contribution in [2.24, 2.45) is 0 Å². The van der Waals surface area contributed by atoms with Crippen molar-refractivity contribution in [2.45, 2.75) is 38.3 Å². The van der Waals surface area contributed by atoms with Gasteiger partial charge in [-0.1, -0.05) is 55.3 Å². The SMILES string of the molecule is O=S(=O)(NCc1ccccc1)N1CCCCC[C@@H]1c1cccc(F)c1. The topological polar surface area (TPSA) is 49.4 Å². The van der Waals surface area contributed by atoms with Gasteiger partial charge in [0.1, 0.15) is 5.82 Å². The molecule has 0 radical (unpaired) electrons. The first-order valence-corrected chi connectivity index (χ1v) is 10.1. The van der Waals surface area contributed by atoms with Crippen molar-refractivity contribution < 1.29 is 12.8 Å². The fourth-order valence-electron chi connectivity index (χ4n) is 3.27. The van der Waals surface area contributed by atoms with Gasteiger partial charge in [0.05, 0.1) is 6.04 Å². The number of nitrogens with zero attached hydrogens (tertiary/aromatic N) is 1. The second kappa shape index (κ2) is 8.08. The number of halogens is 1. The smallest absolute Gasteiger partial charge is 0.207 e. The monoisotopic (exact) mass is 362 g/mol. The first kappa shape index (κ1) is 18.0. The average Bonchev–Trinajstić information content (AvgIpc) is 2.88. The lowest BCUT2D eigenvalue weighted by Gasteiger charge is -2.29. The van der Waals surface area contributed by atoms with E-state index in [2.05, 4.69) is 4.72 Å². The van der Waals surface area contributed by atoms with Crippen LogP contribution in [0.15, 0.2) is 54.6 Å². The molecular weight excluding hydrogens is 339 g/mol. The minimum atomic E-state index is -3.65. The van der Waals surface area contributed by atoms with E-state index in [0.717, 1.165) is 24.8 Å². The zero-order valence-corrected chi connectivity index (χ0v) is 14.9. The summed E-state index contributed by atoms with van der Waals surface area (Å²) in [7, 11) is -3.65. The third-order valence-electron chi connectivity index (χ3n) is 4.55. The van der Waals surface area contributed by atoms with Gasteiger partial charge in [0.2, 0.25) is 0 Å². The summed E-state index contributed by atoms with van der Waals surface area (Å²) < 4.78 is 43.6. The molecule has 1 heterocycles. The minimum Gasteiger partial charge on any atom is -0.207 e. The zero-order valence-electron chi connectivity index (χ0n) is 14.1.